The quantitative estimate of drug-likeness (QED) is 0.0993. The molecular weight excluding hydrogens is 420 g/mol. The summed E-state index contributed by atoms with van der Waals surface area (Å²) in [7, 11) is 0. The Kier molecular flexibility index (Phi) is 14.8. The Morgan fingerprint density at radius 3 is 1.76 bits per heavy atom. The first-order chi connectivity index (χ1) is 15.9. The third-order valence-corrected chi connectivity index (χ3v) is 6.47. The van der Waals surface area contributed by atoms with Crippen molar-refractivity contribution in [2.45, 2.75) is 97.1 Å². The summed E-state index contributed by atoms with van der Waals surface area (Å²) in [6.07, 6.45) is 14.4. The Hall–Kier alpha value is -2.47. The van der Waals surface area contributed by atoms with E-state index in [2.05, 4.69) is 26.1 Å². The maximum Gasteiger partial charge on any atom is 0.333 e. The van der Waals surface area contributed by atoms with Crippen LogP contribution >= 0.6 is 0 Å². The second-order valence-corrected chi connectivity index (χ2v) is 9.05. The van der Waals surface area contributed by atoms with Crippen LogP contribution in [-0.2, 0) is 9.53 Å². The Labute approximate surface area is 197 Å². The molecule has 0 atom stereocenters. The number of azide groups is 2. The number of hydrogen-bond donors (Lipinski definition) is 1. The summed E-state index contributed by atoms with van der Waals surface area (Å²) in [5, 5.41) is 16.4. The molecule has 0 amide bonds. The van der Waals surface area contributed by atoms with Gasteiger partial charge in [-0.3, -0.25) is 0 Å². The van der Waals surface area contributed by atoms with Crippen molar-refractivity contribution in [2.75, 3.05) is 13.2 Å². The van der Waals surface area contributed by atoms with E-state index in [1.54, 1.807) is 6.92 Å². The number of ether oxygens (including phenoxy) is 1. The molecule has 33 heavy (non-hydrogen) atoms. The first-order valence-corrected chi connectivity index (χ1v) is 12.1. The standard InChI is InChI=1S/C13H21N3O2.C11H19N3O/c1-3-18-13(17)10(2)4-5-11-6-8-12(9-7-11)15-16-14;1-9(8-15)2-3-10-4-6-11(7-5-10)13-14-12/h4,11-12H,3,5-9H2,1-2H3;2,10-11,15H,3-8H2,1H3/b10-4+;9-2+. The zero-order valence-electron chi connectivity index (χ0n) is 20.4. The van der Waals surface area contributed by atoms with Crippen LogP contribution in [0.25, 0.3) is 20.9 Å². The molecule has 0 saturated heterocycles. The molecule has 0 aromatic carbocycles. The zero-order valence-corrected chi connectivity index (χ0v) is 20.4. The minimum atomic E-state index is -0.222. The molecular formula is C24H40N6O3. The van der Waals surface area contributed by atoms with Crippen LogP contribution in [0.15, 0.2) is 33.5 Å². The molecule has 0 aromatic rings. The van der Waals surface area contributed by atoms with Crippen LogP contribution < -0.4 is 0 Å². The predicted octanol–water partition coefficient (Wildman–Crippen LogP) is 6.94. The van der Waals surface area contributed by atoms with Gasteiger partial charge in [0.1, 0.15) is 0 Å². The molecule has 2 rings (SSSR count). The highest BCUT2D eigenvalue weighted by atomic mass is 16.5. The second-order valence-electron chi connectivity index (χ2n) is 9.05. The molecule has 0 aromatic heterocycles. The van der Waals surface area contributed by atoms with E-state index in [1.807, 2.05) is 19.9 Å². The van der Waals surface area contributed by atoms with Crippen LogP contribution in [0.2, 0.25) is 0 Å². The van der Waals surface area contributed by atoms with Gasteiger partial charge in [0.05, 0.1) is 13.2 Å². The van der Waals surface area contributed by atoms with Gasteiger partial charge in [-0.2, -0.15) is 0 Å². The number of allylic oxidation sites excluding steroid dienone is 2. The van der Waals surface area contributed by atoms with Crippen molar-refractivity contribution in [2.24, 2.45) is 22.1 Å². The van der Waals surface area contributed by atoms with Gasteiger partial charge in [-0.05, 0) is 108 Å². The van der Waals surface area contributed by atoms with Crippen molar-refractivity contribution in [1.82, 2.24) is 0 Å². The first-order valence-electron chi connectivity index (χ1n) is 12.1. The van der Waals surface area contributed by atoms with Gasteiger partial charge in [-0.1, -0.05) is 28.0 Å². The van der Waals surface area contributed by atoms with Gasteiger partial charge in [-0.15, -0.1) is 0 Å². The molecule has 9 heteroatoms. The molecule has 0 bridgehead atoms. The SMILES string of the molecule is C/C(=C\CC1CCC(N=[N+]=[N-])CC1)CO.CCOC(=O)/C(C)=C/CC1CCC(N=[N+]=[N-])CC1. The lowest BCUT2D eigenvalue weighted by Crippen LogP contribution is -2.16. The van der Waals surface area contributed by atoms with Crippen LogP contribution in [0.1, 0.15) is 85.0 Å². The summed E-state index contributed by atoms with van der Waals surface area (Å²) >= 11 is 0. The van der Waals surface area contributed by atoms with E-state index in [1.165, 1.54) is 0 Å². The summed E-state index contributed by atoms with van der Waals surface area (Å²) in [5.41, 5.74) is 18.4. The average Bonchev–Trinajstić information content (AvgIpc) is 2.83. The van der Waals surface area contributed by atoms with Crippen molar-refractivity contribution in [1.29, 1.82) is 0 Å². The molecule has 2 aliphatic rings. The normalized spacial score (nSPS) is 25.6. The van der Waals surface area contributed by atoms with Crippen LogP contribution in [0.3, 0.4) is 0 Å². The van der Waals surface area contributed by atoms with E-state index in [4.69, 9.17) is 20.9 Å². The third kappa shape index (κ3) is 12.4. The van der Waals surface area contributed by atoms with Crippen molar-refractivity contribution < 1.29 is 14.6 Å². The highest BCUT2D eigenvalue weighted by Gasteiger charge is 2.20. The Balaban J connectivity index is 0.000000335. The van der Waals surface area contributed by atoms with Gasteiger partial charge >= 0.3 is 5.97 Å². The monoisotopic (exact) mass is 460 g/mol. The molecule has 2 fully saturated rings. The third-order valence-electron chi connectivity index (χ3n) is 6.47. The van der Waals surface area contributed by atoms with Crippen LogP contribution in [-0.4, -0.2) is 36.4 Å². The molecule has 9 nitrogen and oxygen atoms in total. The number of carbonyl (C=O) groups is 1. The lowest BCUT2D eigenvalue weighted by molar-refractivity contribution is -0.138. The molecule has 0 heterocycles. The summed E-state index contributed by atoms with van der Waals surface area (Å²) in [6.45, 7) is 6.13. The van der Waals surface area contributed by atoms with E-state index in [9.17, 15) is 4.79 Å². The fraction of sp³-hybridized carbons (Fsp3) is 0.792. The zero-order chi connectivity index (χ0) is 24.5. The fourth-order valence-corrected chi connectivity index (χ4v) is 4.24. The second kappa shape index (κ2) is 17.1. The Bertz CT molecular complexity index is 737. The lowest BCUT2D eigenvalue weighted by atomic mass is 9.84. The molecule has 0 aliphatic heterocycles. The summed E-state index contributed by atoms with van der Waals surface area (Å²) in [4.78, 5) is 17.1. The summed E-state index contributed by atoms with van der Waals surface area (Å²) in [6, 6.07) is 0.385. The number of hydrogen-bond acceptors (Lipinski definition) is 5. The minimum absolute atomic E-state index is 0.161. The van der Waals surface area contributed by atoms with Gasteiger partial charge in [0, 0.05) is 27.5 Å². The maximum absolute atomic E-state index is 11.4. The molecule has 2 saturated carbocycles. The topological polar surface area (TPSA) is 144 Å². The van der Waals surface area contributed by atoms with Gasteiger partial charge in [0.25, 0.3) is 0 Å². The maximum atomic E-state index is 11.4. The molecule has 0 radical (unpaired) electrons. The first kappa shape index (κ1) is 28.6. The fourth-order valence-electron chi connectivity index (χ4n) is 4.24. The van der Waals surface area contributed by atoms with Gasteiger partial charge in [-0.25, -0.2) is 4.79 Å². The van der Waals surface area contributed by atoms with Crippen LogP contribution in [0.4, 0.5) is 0 Å². The Morgan fingerprint density at radius 2 is 1.36 bits per heavy atom. The van der Waals surface area contributed by atoms with Gasteiger partial charge in [0.15, 0.2) is 0 Å². The number of aliphatic hydroxyl groups excluding tert-OH is 1. The molecule has 184 valence electrons. The van der Waals surface area contributed by atoms with E-state index < -0.39 is 0 Å². The smallest absolute Gasteiger partial charge is 0.333 e. The van der Waals surface area contributed by atoms with Crippen LogP contribution in [0, 0.1) is 11.8 Å². The van der Waals surface area contributed by atoms with Gasteiger partial charge < -0.3 is 9.84 Å². The van der Waals surface area contributed by atoms with Crippen LogP contribution in [0.5, 0.6) is 0 Å². The summed E-state index contributed by atoms with van der Waals surface area (Å²) in [5.74, 6) is 1.08. The van der Waals surface area contributed by atoms with Crippen molar-refractivity contribution in [3.63, 3.8) is 0 Å². The number of rotatable bonds is 9. The van der Waals surface area contributed by atoms with Crippen molar-refractivity contribution in [3.05, 3.63) is 44.2 Å². The van der Waals surface area contributed by atoms with E-state index in [0.717, 1.165) is 69.8 Å². The molecule has 1 N–H and O–H groups in total. The van der Waals surface area contributed by atoms with Crippen molar-refractivity contribution >= 4 is 5.97 Å². The summed E-state index contributed by atoms with van der Waals surface area (Å²) < 4.78 is 4.93. The number of aliphatic hydroxyl groups is 1. The minimum Gasteiger partial charge on any atom is -0.463 e. The lowest BCUT2D eigenvalue weighted by Gasteiger charge is -2.24. The molecule has 0 unspecified atom stereocenters. The molecule has 2 aliphatic carbocycles. The molecule has 0 spiro atoms. The predicted molar refractivity (Wildman–Crippen MR) is 130 cm³/mol. The van der Waals surface area contributed by atoms with E-state index in [-0.39, 0.29) is 24.7 Å². The number of nitrogens with zero attached hydrogens (tertiary/aromatic N) is 6. The van der Waals surface area contributed by atoms with E-state index in [0.29, 0.717) is 24.0 Å². The number of carbonyl (C=O) groups excluding carboxylic acids is 1. The van der Waals surface area contributed by atoms with E-state index >= 15 is 0 Å². The number of esters is 1. The highest BCUT2D eigenvalue weighted by Crippen LogP contribution is 2.30. The Morgan fingerprint density at radius 1 is 0.909 bits per heavy atom. The van der Waals surface area contributed by atoms with Crippen molar-refractivity contribution in [3.8, 4) is 0 Å². The largest absolute Gasteiger partial charge is 0.463 e. The average molecular weight is 461 g/mol. The van der Waals surface area contributed by atoms with Gasteiger partial charge in [0.2, 0.25) is 0 Å². The highest BCUT2D eigenvalue weighted by molar-refractivity contribution is 5.87.